The van der Waals surface area contributed by atoms with E-state index >= 15 is 0 Å². The Morgan fingerprint density at radius 3 is 2.87 bits per heavy atom. The van der Waals surface area contributed by atoms with Gasteiger partial charge in [0.25, 0.3) is 0 Å². The molecule has 2 aliphatic rings. The van der Waals surface area contributed by atoms with Crippen LogP contribution in [0.25, 0.3) is 4.85 Å². The van der Waals surface area contributed by atoms with E-state index in [1.807, 2.05) is 6.92 Å². The minimum absolute atomic E-state index is 0.283. The maximum absolute atomic E-state index is 7.70. The maximum Gasteiger partial charge on any atom is 0.244 e. The zero-order valence-electron chi connectivity index (χ0n) is 9.25. The average Bonchev–Trinajstić information content (AvgIpc) is 2.78. The van der Waals surface area contributed by atoms with Crippen LogP contribution in [-0.2, 0) is 4.74 Å². The molecule has 3 unspecified atom stereocenters. The monoisotopic (exact) mass is 206 g/mol. The molecule has 0 amide bonds. The van der Waals surface area contributed by atoms with Crippen LogP contribution in [-0.4, -0.2) is 18.0 Å². The van der Waals surface area contributed by atoms with Gasteiger partial charge in [0, 0.05) is 12.3 Å². The largest absolute Gasteiger partial charge is 0.481 e. The van der Waals surface area contributed by atoms with Crippen molar-refractivity contribution in [2.45, 2.75) is 44.6 Å². The molecule has 0 aromatic heterocycles. The summed E-state index contributed by atoms with van der Waals surface area (Å²) in [4.78, 5) is 3.85. The smallest absolute Gasteiger partial charge is 0.244 e. The molecule has 2 fully saturated rings. The molecule has 0 aromatic carbocycles. The Morgan fingerprint density at radius 1 is 1.60 bits per heavy atom. The highest BCUT2D eigenvalue weighted by atomic mass is 16.5. The van der Waals surface area contributed by atoms with Crippen LogP contribution < -0.4 is 0 Å². The molecule has 2 rings (SSSR count). The minimum Gasteiger partial charge on any atom is -0.481 e. The fraction of sp³-hybridized carbons (Fsp3) is 0.833. The van der Waals surface area contributed by atoms with Gasteiger partial charge in [0.2, 0.25) is 5.54 Å². The van der Waals surface area contributed by atoms with Gasteiger partial charge in [-0.3, -0.25) is 5.41 Å². The van der Waals surface area contributed by atoms with Crippen molar-refractivity contribution < 1.29 is 4.74 Å². The average molecular weight is 206 g/mol. The molecule has 0 aliphatic heterocycles. The van der Waals surface area contributed by atoms with Gasteiger partial charge in [0.1, 0.15) is 6.42 Å². The molecule has 2 aliphatic carbocycles. The first-order valence-corrected chi connectivity index (χ1v) is 5.79. The van der Waals surface area contributed by atoms with Crippen LogP contribution >= 0.6 is 0 Å². The van der Waals surface area contributed by atoms with Crippen molar-refractivity contribution in [2.75, 3.05) is 6.61 Å². The number of hydrogen-bond acceptors (Lipinski definition) is 2. The van der Waals surface area contributed by atoms with E-state index in [1.165, 1.54) is 19.3 Å². The van der Waals surface area contributed by atoms with Crippen LogP contribution in [0.3, 0.4) is 0 Å². The second-order valence-electron chi connectivity index (χ2n) is 4.83. The summed E-state index contributed by atoms with van der Waals surface area (Å²) in [6.07, 6.45) is 5.22. The van der Waals surface area contributed by atoms with Crippen molar-refractivity contribution in [1.29, 1.82) is 5.41 Å². The van der Waals surface area contributed by atoms with E-state index in [-0.39, 0.29) is 5.54 Å². The summed E-state index contributed by atoms with van der Waals surface area (Å²) in [6.45, 7) is 9.83. The van der Waals surface area contributed by atoms with Crippen LogP contribution in [0.2, 0.25) is 0 Å². The lowest BCUT2D eigenvalue weighted by atomic mass is 9.79. The zero-order chi connectivity index (χ0) is 10.9. The highest BCUT2D eigenvalue weighted by molar-refractivity contribution is 5.74. The summed E-state index contributed by atoms with van der Waals surface area (Å²) in [5.74, 6) is 1.58. The summed E-state index contributed by atoms with van der Waals surface area (Å²) in [7, 11) is 0. The first-order valence-electron chi connectivity index (χ1n) is 5.79. The van der Waals surface area contributed by atoms with E-state index in [0.717, 1.165) is 12.3 Å². The lowest BCUT2D eigenvalue weighted by molar-refractivity contribution is 0.274. The molecule has 2 saturated carbocycles. The second kappa shape index (κ2) is 3.84. The minimum atomic E-state index is -0.283. The van der Waals surface area contributed by atoms with Gasteiger partial charge in [-0.15, -0.1) is 0 Å². The number of ether oxygens (including phenoxy) is 1. The van der Waals surface area contributed by atoms with Crippen molar-refractivity contribution in [3.63, 3.8) is 0 Å². The number of nitrogens with one attached hydrogen (secondary N) is 1. The third-order valence-corrected chi connectivity index (χ3v) is 3.95. The molecule has 1 N–H and O–H groups in total. The third kappa shape index (κ3) is 1.73. The molecule has 0 spiro atoms. The Balaban J connectivity index is 2.04. The maximum atomic E-state index is 7.70. The highest BCUT2D eigenvalue weighted by Crippen LogP contribution is 2.54. The van der Waals surface area contributed by atoms with Gasteiger partial charge in [0.15, 0.2) is 5.90 Å². The summed E-state index contributed by atoms with van der Waals surface area (Å²) in [5.41, 5.74) is -0.283. The topological polar surface area (TPSA) is 37.4 Å². The molecule has 3 heteroatoms. The van der Waals surface area contributed by atoms with Crippen molar-refractivity contribution in [2.24, 2.45) is 11.8 Å². The SMILES string of the molecule is [C-]#[N+]C1(CC(=N)OCC)CC2CCC1C2. The van der Waals surface area contributed by atoms with Gasteiger partial charge in [-0.05, 0) is 32.1 Å². The Labute approximate surface area is 91.1 Å². The Kier molecular flexibility index (Phi) is 2.68. The number of nitrogens with zero attached hydrogens (tertiary/aromatic N) is 1. The van der Waals surface area contributed by atoms with Gasteiger partial charge < -0.3 is 9.58 Å². The molecular formula is C12H18N2O. The van der Waals surface area contributed by atoms with Gasteiger partial charge in [-0.2, -0.15) is 0 Å². The Morgan fingerprint density at radius 2 is 2.40 bits per heavy atom. The summed E-state index contributed by atoms with van der Waals surface area (Å²) < 4.78 is 5.18. The number of rotatable bonds is 3. The molecule has 15 heavy (non-hydrogen) atoms. The normalized spacial score (nSPS) is 37.6. The summed E-state index contributed by atoms with van der Waals surface area (Å²) in [5, 5.41) is 7.70. The third-order valence-electron chi connectivity index (χ3n) is 3.95. The molecule has 0 saturated heterocycles. The molecule has 82 valence electrons. The number of hydrogen-bond donors (Lipinski definition) is 1. The Bertz CT molecular complexity index is 307. The quantitative estimate of drug-likeness (QED) is 0.430. The van der Waals surface area contributed by atoms with E-state index in [1.54, 1.807) is 0 Å². The van der Waals surface area contributed by atoms with E-state index in [4.69, 9.17) is 16.7 Å². The molecule has 2 bridgehead atoms. The van der Waals surface area contributed by atoms with Gasteiger partial charge in [-0.1, -0.05) is 0 Å². The lowest BCUT2D eigenvalue weighted by Crippen LogP contribution is -2.34. The van der Waals surface area contributed by atoms with Crippen LogP contribution in [0.15, 0.2) is 0 Å². The van der Waals surface area contributed by atoms with Gasteiger partial charge in [0.05, 0.1) is 6.61 Å². The van der Waals surface area contributed by atoms with Crippen molar-refractivity contribution >= 4 is 5.90 Å². The molecule has 3 atom stereocenters. The van der Waals surface area contributed by atoms with Crippen LogP contribution in [0.5, 0.6) is 0 Å². The van der Waals surface area contributed by atoms with Crippen molar-refractivity contribution in [1.82, 2.24) is 0 Å². The van der Waals surface area contributed by atoms with Gasteiger partial charge in [-0.25, -0.2) is 6.57 Å². The van der Waals surface area contributed by atoms with E-state index in [9.17, 15) is 0 Å². The molecule has 0 radical (unpaired) electrons. The molecule has 3 nitrogen and oxygen atoms in total. The zero-order valence-corrected chi connectivity index (χ0v) is 9.25. The fourth-order valence-corrected chi connectivity index (χ4v) is 3.31. The highest BCUT2D eigenvalue weighted by Gasteiger charge is 2.57. The summed E-state index contributed by atoms with van der Waals surface area (Å²) >= 11 is 0. The van der Waals surface area contributed by atoms with E-state index in [2.05, 4.69) is 4.85 Å². The molecular weight excluding hydrogens is 188 g/mol. The van der Waals surface area contributed by atoms with Crippen LogP contribution in [0.1, 0.15) is 39.0 Å². The van der Waals surface area contributed by atoms with E-state index < -0.39 is 0 Å². The Hall–Kier alpha value is -1.04. The van der Waals surface area contributed by atoms with E-state index in [0.29, 0.717) is 24.8 Å². The molecule has 0 heterocycles. The van der Waals surface area contributed by atoms with Crippen LogP contribution in [0, 0.1) is 23.8 Å². The fourth-order valence-electron chi connectivity index (χ4n) is 3.31. The standard InChI is InChI=1S/C12H18N2O/c1-3-15-11(13)8-12(14-2)7-9-4-5-10(12)6-9/h9-10,13H,3-8H2,1H3. The predicted octanol–water partition coefficient (Wildman–Crippen LogP) is 2.87. The van der Waals surface area contributed by atoms with Crippen molar-refractivity contribution in [3.8, 4) is 0 Å². The first kappa shape index (κ1) is 10.5. The molecule has 0 aromatic rings. The van der Waals surface area contributed by atoms with Gasteiger partial charge >= 0.3 is 0 Å². The lowest BCUT2D eigenvalue weighted by Gasteiger charge is -2.26. The predicted molar refractivity (Wildman–Crippen MR) is 58.8 cm³/mol. The second-order valence-corrected chi connectivity index (χ2v) is 4.83. The number of fused-ring (bicyclic) bond motifs is 2. The van der Waals surface area contributed by atoms with Crippen molar-refractivity contribution in [3.05, 3.63) is 11.4 Å². The first-order chi connectivity index (χ1) is 7.20. The summed E-state index contributed by atoms with van der Waals surface area (Å²) in [6, 6.07) is 0. The van der Waals surface area contributed by atoms with Crippen LogP contribution in [0.4, 0.5) is 0 Å².